The second-order valence-electron chi connectivity index (χ2n) is 15.3. The van der Waals surface area contributed by atoms with Gasteiger partial charge in [-0.1, -0.05) is 95.2 Å². The molecule has 0 spiro atoms. The van der Waals surface area contributed by atoms with Crippen molar-refractivity contribution in [1.82, 2.24) is 0 Å². The molecule has 0 N–H and O–H groups in total. The first kappa shape index (κ1) is 34.9. The molecule has 2 atom stereocenters. The highest BCUT2D eigenvalue weighted by atomic mass is 16.5. The zero-order valence-corrected chi connectivity index (χ0v) is 28.1. The highest BCUT2D eigenvalue weighted by Crippen LogP contribution is 2.41. The zero-order chi connectivity index (χ0) is 32.6. The van der Waals surface area contributed by atoms with Crippen LogP contribution in [0.4, 0.5) is 0 Å². The van der Waals surface area contributed by atoms with E-state index in [1.54, 1.807) is 36.5 Å². The van der Waals surface area contributed by atoms with Crippen LogP contribution in [0.25, 0.3) is 0 Å². The molecule has 2 rings (SSSR count). The van der Waals surface area contributed by atoms with Crippen LogP contribution in [-0.4, -0.2) is 37.7 Å². The van der Waals surface area contributed by atoms with Gasteiger partial charge in [0.2, 0.25) is 0 Å². The molecular weight excluding hydrogens is 528 g/mol. The van der Waals surface area contributed by atoms with Crippen LogP contribution in [-0.2, 0) is 28.7 Å². The smallest absolute Gasteiger partial charge is 0.313 e. The fourth-order valence-electron chi connectivity index (χ4n) is 5.05. The summed E-state index contributed by atoms with van der Waals surface area (Å²) in [5.41, 5.74) is 2.01. The van der Waals surface area contributed by atoms with Crippen LogP contribution in [0, 0.1) is 33.5 Å². The van der Waals surface area contributed by atoms with E-state index in [1.807, 2.05) is 83.1 Å². The van der Waals surface area contributed by atoms with Gasteiger partial charge in [0.25, 0.3) is 0 Å². The Morgan fingerprint density at radius 1 is 0.524 bits per heavy atom. The molecule has 0 heterocycles. The third-order valence-electron chi connectivity index (χ3n) is 7.53. The van der Waals surface area contributed by atoms with E-state index in [0.717, 1.165) is 0 Å². The van der Waals surface area contributed by atoms with Gasteiger partial charge in [-0.3, -0.25) is 19.2 Å². The molecule has 0 amide bonds. The Bertz CT molecular complexity index is 1150. The molecule has 0 bridgehead atoms. The van der Waals surface area contributed by atoms with E-state index >= 15 is 0 Å². The lowest BCUT2D eigenvalue weighted by Gasteiger charge is -2.32. The number of ether oxygens (including phenoxy) is 2. The number of hydrogen-bond donors (Lipinski definition) is 0. The molecule has 0 saturated heterocycles. The highest BCUT2D eigenvalue weighted by molar-refractivity contribution is 6.12. The van der Waals surface area contributed by atoms with E-state index in [1.165, 1.54) is 14.2 Å². The van der Waals surface area contributed by atoms with Crippen LogP contribution in [0.1, 0.15) is 83.1 Å². The van der Waals surface area contributed by atoms with Crippen molar-refractivity contribution in [3.63, 3.8) is 0 Å². The average molecular weight is 579 g/mol. The lowest BCUT2D eigenvalue weighted by molar-refractivity contribution is -0.153. The summed E-state index contributed by atoms with van der Waals surface area (Å²) in [5, 5.41) is 0. The van der Waals surface area contributed by atoms with Crippen molar-refractivity contribution in [3.8, 4) is 0 Å². The van der Waals surface area contributed by atoms with Crippen molar-refractivity contribution in [3.05, 3.63) is 69.9 Å². The maximum absolute atomic E-state index is 13.5. The summed E-state index contributed by atoms with van der Waals surface area (Å²) >= 11 is 0. The number of Topliss-reactive ketones (excluding diaryl/α,β-unsaturated/α-hetero) is 2. The summed E-state index contributed by atoms with van der Waals surface area (Å²) in [4.78, 5) is 53.5. The first-order valence-corrected chi connectivity index (χ1v) is 14.5. The van der Waals surface area contributed by atoms with Crippen LogP contribution < -0.4 is 0 Å². The molecule has 0 fully saturated rings. The van der Waals surface area contributed by atoms with Crippen LogP contribution in [0.2, 0.25) is 0 Å². The summed E-state index contributed by atoms with van der Waals surface area (Å²) in [6, 6.07) is 0. The maximum Gasteiger partial charge on any atom is 0.313 e. The van der Waals surface area contributed by atoms with E-state index in [0.29, 0.717) is 33.4 Å². The van der Waals surface area contributed by atoms with Gasteiger partial charge in [-0.2, -0.15) is 0 Å². The average Bonchev–Trinajstić information content (AvgIpc) is 2.83. The number of hydrogen-bond acceptors (Lipinski definition) is 6. The van der Waals surface area contributed by atoms with Gasteiger partial charge in [0.05, 0.1) is 26.1 Å². The Morgan fingerprint density at radius 2 is 0.738 bits per heavy atom. The Labute approximate surface area is 252 Å². The molecule has 2 unspecified atom stereocenters. The third kappa shape index (κ3) is 7.96. The maximum atomic E-state index is 13.5. The normalized spacial score (nSPS) is 18.3. The zero-order valence-electron chi connectivity index (χ0n) is 28.1. The van der Waals surface area contributed by atoms with Gasteiger partial charge < -0.3 is 9.47 Å². The van der Waals surface area contributed by atoms with E-state index in [4.69, 9.17) is 9.47 Å². The first-order chi connectivity index (χ1) is 18.9. The molecule has 0 aromatic heterocycles. The number of carbonyl (C=O) groups is 4. The summed E-state index contributed by atoms with van der Waals surface area (Å²) in [6.45, 7) is 23.7. The van der Waals surface area contributed by atoms with E-state index in [2.05, 4.69) is 0 Å². The predicted octanol–water partition coefficient (Wildman–Crippen LogP) is 7.47. The van der Waals surface area contributed by atoms with Gasteiger partial charge in [0.1, 0.15) is 0 Å². The van der Waals surface area contributed by atoms with Crippen molar-refractivity contribution in [2.45, 2.75) is 83.1 Å². The molecule has 2 aliphatic carbocycles. The SMILES string of the molecule is COC(=O)C(C=C1C=C(C(C)(C)C)C(=O)C(C(C)(C)C)=C1)C(C=C1C=C(C(C)(C)C)C(=O)C(C(C)(C)C)=C1)C(=O)OC. The summed E-state index contributed by atoms with van der Waals surface area (Å²) in [7, 11) is 2.56. The van der Waals surface area contributed by atoms with E-state index in [9.17, 15) is 19.2 Å². The van der Waals surface area contributed by atoms with Gasteiger partial charge in [0.15, 0.2) is 11.6 Å². The van der Waals surface area contributed by atoms with Crippen molar-refractivity contribution in [2.24, 2.45) is 33.5 Å². The topological polar surface area (TPSA) is 86.7 Å². The molecule has 2 aliphatic rings. The molecule has 42 heavy (non-hydrogen) atoms. The van der Waals surface area contributed by atoms with Crippen molar-refractivity contribution in [2.75, 3.05) is 14.2 Å². The fraction of sp³-hybridized carbons (Fsp3) is 0.556. The number of carbonyl (C=O) groups excluding carboxylic acids is 4. The summed E-state index contributed by atoms with van der Waals surface area (Å²) in [6.07, 6.45) is 10.6. The van der Waals surface area contributed by atoms with E-state index in [-0.39, 0.29) is 11.6 Å². The van der Waals surface area contributed by atoms with Crippen LogP contribution in [0.15, 0.2) is 69.9 Å². The van der Waals surface area contributed by atoms with Gasteiger partial charge in [0, 0.05) is 22.3 Å². The number of rotatable bonds is 5. The molecule has 6 nitrogen and oxygen atoms in total. The second-order valence-corrected chi connectivity index (χ2v) is 15.3. The summed E-state index contributed by atoms with van der Waals surface area (Å²) in [5.74, 6) is -3.39. The van der Waals surface area contributed by atoms with Gasteiger partial charge in [-0.05, 0) is 57.1 Å². The molecule has 0 aromatic carbocycles. The molecule has 0 saturated carbocycles. The van der Waals surface area contributed by atoms with Crippen LogP contribution in [0.3, 0.4) is 0 Å². The largest absolute Gasteiger partial charge is 0.469 e. The fourth-order valence-corrected chi connectivity index (χ4v) is 5.05. The Balaban J connectivity index is 2.89. The number of ketones is 2. The Hall–Kier alpha value is -3.28. The lowest BCUT2D eigenvalue weighted by atomic mass is 9.71. The standard InChI is InChI=1S/C36H50O6/c1-33(2,3)25-17-21(18-26(29(25)37)34(4,5)6)15-23(31(39)41-13)24(32(40)42-14)16-22-19-27(35(7,8)9)30(38)28(20-22)36(10,11)12/h15-20,23-24H,1-14H3. The Morgan fingerprint density at radius 3 is 0.905 bits per heavy atom. The van der Waals surface area contributed by atoms with Gasteiger partial charge >= 0.3 is 11.9 Å². The monoisotopic (exact) mass is 578 g/mol. The predicted molar refractivity (Wildman–Crippen MR) is 167 cm³/mol. The minimum absolute atomic E-state index is 0.0278. The number of esters is 2. The summed E-state index contributed by atoms with van der Waals surface area (Å²) < 4.78 is 10.4. The molecule has 0 radical (unpaired) electrons. The van der Waals surface area contributed by atoms with Crippen LogP contribution in [0.5, 0.6) is 0 Å². The molecule has 6 heteroatoms. The minimum Gasteiger partial charge on any atom is -0.469 e. The van der Waals surface area contributed by atoms with Gasteiger partial charge in [-0.25, -0.2) is 0 Å². The molecule has 230 valence electrons. The Kier molecular flexibility index (Phi) is 10.1. The van der Waals surface area contributed by atoms with Crippen LogP contribution >= 0.6 is 0 Å². The first-order valence-electron chi connectivity index (χ1n) is 14.5. The van der Waals surface area contributed by atoms with Crippen molar-refractivity contribution in [1.29, 1.82) is 0 Å². The highest BCUT2D eigenvalue weighted by Gasteiger charge is 2.38. The van der Waals surface area contributed by atoms with Gasteiger partial charge in [-0.15, -0.1) is 0 Å². The quantitative estimate of drug-likeness (QED) is 0.315. The lowest BCUT2D eigenvalue weighted by Crippen LogP contribution is -2.31. The van der Waals surface area contributed by atoms with Crippen molar-refractivity contribution < 1.29 is 28.7 Å². The second kappa shape index (κ2) is 12.1. The molecule has 0 aliphatic heterocycles. The van der Waals surface area contributed by atoms with E-state index < -0.39 is 45.4 Å². The number of methoxy groups -OCH3 is 2. The van der Waals surface area contributed by atoms with Crippen molar-refractivity contribution >= 4 is 23.5 Å². The number of allylic oxidation sites excluding steroid dienone is 10. The third-order valence-corrected chi connectivity index (χ3v) is 7.53. The molecule has 0 aromatic rings. The minimum atomic E-state index is -1.05. The molecular formula is C36H50O6.